The van der Waals surface area contributed by atoms with E-state index in [0.717, 1.165) is 43.1 Å². The summed E-state index contributed by atoms with van der Waals surface area (Å²) in [6, 6.07) is 4.66. The molecule has 2 aliphatic heterocycles. The number of ether oxygens (including phenoxy) is 1. The van der Waals surface area contributed by atoms with Gasteiger partial charge in [0.15, 0.2) is 0 Å². The number of aromatic nitrogens is 1. The number of hydrogen-bond donors (Lipinski definition) is 0. The summed E-state index contributed by atoms with van der Waals surface area (Å²) in [6.07, 6.45) is 4.25. The highest BCUT2D eigenvalue weighted by molar-refractivity contribution is 9.10. The molecule has 2 fully saturated rings. The maximum atomic E-state index is 5.51. The fraction of sp³-hybridized carbons (Fsp3) is 0.643. The lowest BCUT2D eigenvalue weighted by Gasteiger charge is -2.26. The molecule has 1 aromatic rings. The van der Waals surface area contributed by atoms with Crippen LogP contribution in [0.15, 0.2) is 22.8 Å². The third-order valence-electron chi connectivity index (χ3n) is 3.99. The molecule has 3 heterocycles. The lowest BCUT2D eigenvalue weighted by atomic mass is 10.2. The highest BCUT2D eigenvalue weighted by Crippen LogP contribution is 2.24. The van der Waals surface area contributed by atoms with Gasteiger partial charge >= 0.3 is 0 Å². The molecule has 0 bridgehead atoms. The molecule has 2 aliphatic rings. The molecule has 0 aliphatic carbocycles. The Morgan fingerprint density at radius 2 is 2.21 bits per heavy atom. The van der Waals surface area contributed by atoms with Crippen LogP contribution in [0, 0.1) is 0 Å². The van der Waals surface area contributed by atoms with Crippen molar-refractivity contribution in [3.8, 4) is 0 Å². The van der Waals surface area contributed by atoms with E-state index in [2.05, 4.69) is 36.8 Å². The van der Waals surface area contributed by atoms with Crippen LogP contribution in [-0.4, -0.2) is 55.3 Å². The molecule has 104 valence electrons. The fourth-order valence-electron chi connectivity index (χ4n) is 2.93. The monoisotopic (exact) mass is 325 g/mol. The lowest BCUT2D eigenvalue weighted by molar-refractivity contribution is 0.148. The van der Waals surface area contributed by atoms with E-state index in [1.807, 2.05) is 12.3 Å². The smallest absolute Gasteiger partial charge is 0.142 e. The van der Waals surface area contributed by atoms with Crippen LogP contribution in [0.2, 0.25) is 0 Å². The molecule has 19 heavy (non-hydrogen) atoms. The molecule has 3 rings (SSSR count). The van der Waals surface area contributed by atoms with Crippen LogP contribution in [0.3, 0.4) is 0 Å². The van der Waals surface area contributed by atoms with Crippen molar-refractivity contribution in [2.75, 3.05) is 44.3 Å². The van der Waals surface area contributed by atoms with Crippen molar-refractivity contribution in [1.82, 2.24) is 9.88 Å². The first-order chi connectivity index (χ1) is 9.34. The summed E-state index contributed by atoms with van der Waals surface area (Å²) in [5.41, 5.74) is 0. The van der Waals surface area contributed by atoms with Crippen LogP contribution in [0.25, 0.3) is 0 Å². The molecule has 0 saturated carbocycles. The van der Waals surface area contributed by atoms with Crippen LogP contribution in [0.5, 0.6) is 0 Å². The highest BCUT2D eigenvalue weighted by atomic mass is 79.9. The summed E-state index contributed by atoms with van der Waals surface area (Å²) >= 11 is 3.60. The summed E-state index contributed by atoms with van der Waals surface area (Å²) in [5, 5.41) is 0. The maximum Gasteiger partial charge on any atom is 0.142 e. The van der Waals surface area contributed by atoms with E-state index >= 15 is 0 Å². The Labute approximate surface area is 122 Å². The van der Waals surface area contributed by atoms with Crippen LogP contribution in [0.1, 0.15) is 12.8 Å². The van der Waals surface area contributed by atoms with Crippen LogP contribution in [-0.2, 0) is 4.74 Å². The predicted molar refractivity (Wildman–Crippen MR) is 79.6 cm³/mol. The van der Waals surface area contributed by atoms with E-state index in [0.29, 0.717) is 6.04 Å². The lowest BCUT2D eigenvalue weighted by Crippen LogP contribution is -2.38. The van der Waals surface area contributed by atoms with Gasteiger partial charge < -0.3 is 9.64 Å². The SMILES string of the molecule is Brc1cccnc1N1CCCN(C2CCOC2)CC1. The molecular weight excluding hydrogens is 306 g/mol. The van der Waals surface area contributed by atoms with E-state index in [9.17, 15) is 0 Å². The molecule has 0 radical (unpaired) electrons. The third kappa shape index (κ3) is 3.09. The summed E-state index contributed by atoms with van der Waals surface area (Å²) in [6.45, 7) is 6.25. The van der Waals surface area contributed by atoms with Crippen LogP contribution >= 0.6 is 15.9 Å². The Bertz CT molecular complexity index is 423. The average molecular weight is 326 g/mol. The van der Waals surface area contributed by atoms with Gasteiger partial charge in [-0.25, -0.2) is 4.98 Å². The van der Waals surface area contributed by atoms with Crippen LogP contribution in [0.4, 0.5) is 5.82 Å². The maximum absolute atomic E-state index is 5.51. The fourth-order valence-corrected chi connectivity index (χ4v) is 3.44. The van der Waals surface area contributed by atoms with Crippen LogP contribution < -0.4 is 4.90 Å². The van der Waals surface area contributed by atoms with Gasteiger partial charge in [0.25, 0.3) is 0 Å². The van der Waals surface area contributed by atoms with Gasteiger partial charge in [-0.3, -0.25) is 4.90 Å². The third-order valence-corrected chi connectivity index (χ3v) is 4.61. The van der Waals surface area contributed by atoms with Gasteiger partial charge in [-0.15, -0.1) is 0 Å². The topological polar surface area (TPSA) is 28.6 Å². The summed E-state index contributed by atoms with van der Waals surface area (Å²) in [4.78, 5) is 9.48. The Morgan fingerprint density at radius 1 is 1.26 bits per heavy atom. The highest BCUT2D eigenvalue weighted by Gasteiger charge is 2.25. The Hall–Kier alpha value is -0.650. The first-order valence-corrected chi connectivity index (χ1v) is 7.81. The zero-order chi connectivity index (χ0) is 13.1. The second kappa shape index (κ2) is 6.20. The molecule has 1 unspecified atom stereocenters. The molecule has 1 aromatic heterocycles. The number of anilines is 1. The first-order valence-electron chi connectivity index (χ1n) is 7.02. The van der Waals surface area contributed by atoms with Crippen molar-refractivity contribution < 1.29 is 4.74 Å². The second-order valence-electron chi connectivity index (χ2n) is 5.20. The molecule has 0 spiro atoms. The molecule has 0 N–H and O–H groups in total. The summed E-state index contributed by atoms with van der Waals surface area (Å²) < 4.78 is 6.60. The molecule has 5 heteroatoms. The molecule has 0 aromatic carbocycles. The quantitative estimate of drug-likeness (QED) is 0.833. The largest absolute Gasteiger partial charge is 0.380 e. The van der Waals surface area contributed by atoms with E-state index in [4.69, 9.17) is 4.74 Å². The number of hydrogen-bond acceptors (Lipinski definition) is 4. The van der Waals surface area contributed by atoms with Crippen molar-refractivity contribution in [2.24, 2.45) is 0 Å². The standard InChI is InChI=1S/C14H20BrN3O/c15-13-3-1-5-16-14(13)18-7-2-6-17(8-9-18)12-4-10-19-11-12/h1,3,5,12H,2,4,6-11H2. The average Bonchev–Trinajstić information content (AvgIpc) is 2.85. The minimum Gasteiger partial charge on any atom is -0.380 e. The van der Waals surface area contributed by atoms with Crippen molar-refractivity contribution >= 4 is 21.7 Å². The van der Waals surface area contributed by atoms with Gasteiger partial charge in [-0.2, -0.15) is 0 Å². The summed E-state index contributed by atoms with van der Waals surface area (Å²) in [7, 11) is 0. The van der Waals surface area contributed by atoms with E-state index in [1.165, 1.54) is 19.4 Å². The first kappa shape index (κ1) is 13.3. The summed E-state index contributed by atoms with van der Waals surface area (Å²) in [5.74, 6) is 1.08. The molecule has 4 nitrogen and oxygen atoms in total. The minimum absolute atomic E-state index is 0.632. The second-order valence-corrected chi connectivity index (χ2v) is 6.06. The van der Waals surface area contributed by atoms with Gasteiger partial charge in [-0.05, 0) is 40.9 Å². The Kier molecular flexibility index (Phi) is 4.35. The zero-order valence-electron chi connectivity index (χ0n) is 11.1. The van der Waals surface area contributed by atoms with Crippen molar-refractivity contribution in [2.45, 2.75) is 18.9 Å². The van der Waals surface area contributed by atoms with Gasteiger partial charge in [-0.1, -0.05) is 0 Å². The predicted octanol–water partition coefficient (Wildman–Crippen LogP) is 2.15. The van der Waals surface area contributed by atoms with E-state index < -0.39 is 0 Å². The molecule has 1 atom stereocenters. The number of halogens is 1. The zero-order valence-corrected chi connectivity index (χ0v) is 12.7. The van der Waals surface area contributed by atoms with Crippen molar-refractivity contribution in [3.05, 3.63) is 22.8 Å². The Morgan fingerprint density at radius 3 is 3.00 bits per heavy atom. The van der Waals surface area contributed by atoms with E-state index in [1.54, 1.807) is 0 Å². The normalized spacial score (nSPS) is 25.5. The van der Waals surface area contributed by atoms with Crippen molar-refractivity contribution in [3.63, 3.8) is 0 Å². The number of rotatable bonds is 2. The molecule has 2 saturated heterocycles. The van der Waals surface area contributed by atoms with Gasteiger partial charge in [0.05, 0.1) is 11.1 Å². The van der Waals surface area contributed by atoms with Gasteiger partial charge in [0.2, 0.25) is 0 Å². The molecular formula is C14H20BrN3O. The van der Waals surface area contributed by atoms with Crippen molar-refractivity contribution in [1.29, 1.82) is 0 Å². The van der Waals surface area contributed by atoms with Gasteiger partial charge in [0, 0.05) is 45.0 Å². The number of pyridine rings is 1. The minimum atomic E-state index is 0.632. The number of nitrogens with zero attached hydrogens (tertiary/aromatic N) is 3. The molecule has 0 amide bonds. The van der Waals surface area contributed by atoms with E-state index in [-0.39, 0.29) is 0 Å². The Balaban J connectivity index is 1.65. The van der Waals surface area contributed by atoms with Gasteiger partial charge in [0.1, 0.15) is 5.82 Å².